The van der Waals surface area contributed by atoms with Crippen molar-refractivity contribution in [3.8, 4) is 11.3 Å². The highest BCUT2D eigenvalue weighted by Gasteiger charge is 2.38. The summed E-state index contributed by atoms with van der Waals surface area (Å²) in [5.74, 6) is -3.37. The first-order valence-electron chi connectivity index (χ1n) is 4.32. The van der Waals surface area contributed by atoms with Crippen LogP contribution < -0.4 is 0 Å². The molecule has 8 heteroatoms. The summed E-state index contributed by atoms with van der Waals surface area (Å²) in [6, 6.07) is 1.12. The van der Waals surface area contributed by atoms with Crippen molar-refractivity contribution in [3.63, 3.8) is 0 Å². The summed E-state index contributed by atoms with van der Waals surface area (Å²) >= 11 is 0. The number of rotatable bonds is 1. The molecule has 0 saturated heterocycles. The number of H-pyrrole nitrogens is 1. The van der Waals surface area contributed by atoms with Crippen molar-refractivity contribution in [2.45, 2.75) is 6.18 Å². The SMILES string of the molecule is Fc1cc(-c2cn[nH]n2)cc(F)c1C(F)(F)F. The van der Waals surface area contributed by atoms with Crippen molar-refractivity contribution in [2.24, 2.45) is 0 Å². The van der Waals surface area contributed by atoms with Crippen molar-refractivity contribution in [2.75, 3.05) is 0 Å². The number of hydrogen-bond donors (Lipinski definition) is 1. The van der Waals surface area contributed by atoms with Gasteiger partial charge in [0.15, 0.2) is 0 Å². The van der Waals surface area contributed by atoms with Crippen molar-refractivity contribution in [1.82, 2.24) is 15.4 Å². The molecule has 3 nitrogen and oxygen atoms in total. The molecule has 1 aromatic heterocycles. The Balaban J connectivity index is 2.57. The van der Waals surface area contributed by atoms with Gasteiger partial charge in [-0.25, -0.2) is 8.78 Å². The zero-order valence-electron chi connectivity index (χ0n) is 8.02. The third kappa shape index (κ3) is 2.10. The fourth-order valence-corrected chi connectivity index (χ4v) is 1.33. The molecule has 1 heterocycles. The van der Waals surface area contributed by atoms with Crippen LogP contribution in [0.5, 0.6) is 0 Å². The first-order chi connectivity index (χ1) is 7.89. The van der Waals surface area contributed by atoms with E-state index in [1.807, 2.05) is 0 Å². The number of aromatic nitrogens is 3. The molecule has 0 aliphatic carbocycles. The molecule has 0 bridgehead atoms. The fourth-order valence-electron chi connectivity index (χ4n) is 1.33. The van der Waals surface area contributed by atoms with Gasteiger partial charge in [-0.1, -0.05) is 0 Å². The molecule has 0 atom stereocenters. The molecule has 0 aliphatic heterocycles. The summed E-state index contributed by atoms with van der Waals surface area (Å²) in [6.45, 7) is 0. The molecule has 90 valence electrons. The molecular formula is C9H4F5N3. The van der Waals surface area contributed by atoms with Crippen LogP contribution >= 0.6 is 0 Å². The first-order valence-corrected chi connectivity index (χ1v) is 4.32. The van der Waals surface area contributed by atoms with E-state index in [0.717, 1.165) is 6.20 Å². The zero-order chi connectivity index (χ0) is 12.6. The monoisotopic (exact) mass is 249 g/mol. The third-order valence-electron chi connectivity index (χ3n) is 2.04. The number of halogens is 5. The number of nitrogens with one attached hydrogen (secondary N) is 1. The summed E-state index contributed by atoms with van der Waals surface area (Å²) in [7, 11) is 0. The predicted molar refractivity (Wildman–Crippen MR) is 46.7 cm³/mol. The highest BCUT2D eigenvalue weighted by atomic mass is 19.4. The normalized spacial score (nSPS) is 11.8. The second-order valence-corrected chi connectivity index (χ2v) is 3.17. The lowest BCUT2D eigenvalue weighted by Crippen LogP contribution is -2.11. The van der Waals surface area contributed by atoms with E-state index in [2.05, 4.69) is 15.4 Å². The second kappa shape index (κ2) is 3.79. The summed E-state index contributed by atoms with van der Waals surface area (Å²) < 4.78 is 63.2. The van der Waals surface area contributed by atoms with Crippen LogP contribution in [-0.2, 0) is 6.18 Å². The van der Waals surface area contributed by atoms with E-state index < -0.39 is 23.4 Å². The van der Waals surface area contributed by atoms with Gasteiger partial charge in [0.25, 0.3) is 0 Å². The van der Waals surface area contributed by atoms with E-state index >= 15 is 0 Å². The standard InChI is InChI=1S/C9H4F5N3/c10-5-1-4(7-3-15-17-16-7)2-6(11)8(5)9(12,13)14/h1-3H,(H,15,16,17). The largest absolute Gasteiger partial charge is 0.422 e. The van der Waals surface area contributed by atoms with Crippen LogP contribution in [0.3, 0.4) is 0 Å². The van der Waals surface area contributed by atoms with Crippen LogP contribution in [0.2, 0.25) is 0 Å². The smallest absolute Gasteiger partial charge is 0.206 e. The van der Waals surface area contributed by atoms with Gasteiger partial charge < -0.3 is 0 Å². The highest BCUT2D eigenvalue weighted by molar-refractivity contribution is 5.58. The molecule has 0 radical (unpaired) electrons. The fraction of sp³-hybridized carbons (Fsp3) is 0.111. The lowest BCUT2D eigenvalue weighted by molar-refractivity contribution is -0.142. The summed E-state index contributed by atoms with van der Waals surface area (Å²) in [4.78, 5) is 0. The first kappa shape index (κ1) is 11.5. The molecule has 0 fully saturated rings. The Morgan fingerprint density at radius 2 is 1.65 bits per heavy atom. The topological polar surface area (TPSA) is 41.6 Å². The minimum absolute atomic E-state index is 0.0523. The average Bonchev–Trinajstić information content (AvgIpc) is 2.66. The van der Waals surface area contributed by atoms with Crippen molar-refractivity contribution in [1.29, 1.82) is 0 Å². The maximum atomic E-state index is 13.2. The Morgan fingerprint density at radius 1 is 1.06 bits per heavy atom. The molecule has 0 spiro atoms. The lowest BCUT2D eigenvalue weighted by atomic mass is 10.1. The molecule has 2 aromatic rings. The summed E-state index contributed by atoms with van der Waals surface area (Å²) in [6.07, 6.45) is -3.93. The minimum atomic E-state index is -5.07. The van der Waals surface area contributed by atoms with Gasteiger partial charge in [-0.3, -0.25) is 0 Å². The molecule has 2 rings (SSSR count). The average molecular weight is 249 g/mol. The Hall–Kier alpha value is -1.99. The molecule has 0 aliphatic rings. The Bertz CT molecular complexity index is 509. The van der Waals surface area contributed by atoms with Crippen molar-refractivity contribution < 1.29 is 22.0 Å². The van der Waals surface area contributed by atoms with Gasteiger partial charge in [0.05, 0.1) is 6.20 Å². The van der Waals surface area contributed by atoms with E-state index in [9.17, 15) is 22.0 Å². The Morgan fingerprint density at radius 3 is 2.06 bits per heavy atom. The van der Waals surface area contributed by atoms with Crippen LogP contribution in [0.1, 0.15) is 5.56 Å². The highest BCUT2D eigenvalue weighted by Crippen LogP contribution is 2.35. The van der Waals surface area contributed by atoms with Gasteiger partial charge in [-0.15, -0.1) is 0 Å². The van der Waals surface area contributed by atoms with E-state index in [4.69, 9.17) is 0 Å². The van der Waals surface area contributed by atoms with Gasteiger partial charge >= 0.3 is 6.18 Å². The molecule has 0 saturated carbocycles. The van der Waals surface area contributed by atoms with E-state index in [-0.39, 0.29) is 11.3 Å². The Labute approximate surface area is 91.3 Å². The molecule has 17 heavy (non-hydrogen) atoms. The number of aromatic amines is 1. The summed E-state index contributed by atoms with van der Waals surface area (Å²) in [5, 5.41) is 9.08. The van der Waals surface area contributed by atoms with Gasteiger partial charge in [0.2, 0.25) is 0 Å². The van der Waals surface area contributed by atoms with Crippen molar-refractivity contribution >= 4 is 0 Å². The number of alkyl halides is 3. The lowest BCUT2D eigenvalue weighted by Gasteiger charge is -2.09. The van der Waals surface area contributed by atoms with Gasteiger partial charge in [0.1, 0.15) is 22.9 Å². The number of hydrogen-bond acceptors (Lipinski definition) is 2. The molecule has 1 N–H and O–H groups in total. The quantitative estimate of drug-likeness (QED) is 0.789. The van der Waals surface area contributed by atoms with E-state index in [1.165, 1.54) is 0 Å². The number of benzene rings is 1. The maximum Gasteiger partial charge on any atom is 0.422 e. The maximum absolute atomic E-state index is 13.2. The number of nitrogens with zero attached hydrogens (tertiary/aromatic N) is 2. The van der Waals surface area contributed by atoms with Crippen molar-refractivity contribution in [3.05, 3.63) is 35.5 Å². The van der Waals surface area contributed by atoms with Gasteiger partial charge in [0, 0.05) is 5.56 Å². The van der Waals surface area contributed by atoms with Gasteiger partial charge in [-0.2, -0.15) is 28.6 Å². The molecule has 0 amide bonds. The molecule has 1 aromatic carbocycles. The second-order valence-electron chi connectivity index (χ2n) is 3.17. The summed E-state index contributed by atoms with van der Waals surface area (Å²) in [5.41, 5.74) is -1.98. The van der Waals surface area contributed by atoms with E-state index in [0.29, 0.717) is 12.1 Å². The van der Waals surface area contributed by atoms with Crippen LogP contribution in [0.25, 0.3) is 11.3 Å². The van der Waals surface area contributed by atoms with Crippen LogP contribution in [0.15, 0.2) is 18.3 Å². The predicted octanol–water partition coefficient (Wildman–Crippen LogP) is 2.77. The van der Waals surface area contributed by atoms with Crippen LogP contribution in [0.4, 0.5) is 22.0 Å². The molecule has 0 unspecified atom stereocenters. The third-order valence-corrected chi connectivity index (χ3v) is 2.04. The Kier molecular flexibility index (Phi) is 2.56. The molecular weight excluding hydrogens is 245 g/mol. The van der Waals surface area contributed by atoms with E-state index in [1.54, 1.807) is 0 Å². The zero-order valence-corrected chi connectivity index (χ0v) is 8.02. The minimum Gasteiger partial charge on any atom is -0.206 e. The van der Waals surface area contributed by atoms with Crippen LogP contribution in [0, 0.1) is 11.6 Å². The van der Waals surface area contributed by atoms with Gasteiger partial charge in [-0.05, 0) is 12.1 Å². The van der Waals surface area contributed by atoms with Crippen LogP contribution in [-0.4, -0.2) is 15.4 Å².